The average Bonchev–Trinajstić information content (AvgIpc) is 2.70. The van der Waals surface area contributed by atoms with Crippen LogP contribution in [0.2, 0.25) is 0 Å². The maximum absolute atomic E-state index is 12.4. The first-order chi connectivity index (χ1) is 8.35. The first-order valence-corrected chi connectivity index (χ1v) is 8.56. The van der Waals surface area contributed by atoms with E-state index in [1.807, 2.05) is 12.1 Å². The molecule has 1 saturated heterocycles. The van der Waals surface area contributed by atoms with E-state index >= 15 is 0 Å². The largest absolute Gasteiger partial charge is 0.243 e. The lowest BCUT2D eigenvalue weighted by atomic mass is 9.93. The number of hydrogen-bond donors (Lipinski definition) is 0. The first kappa shape index (κ1) is 14.0. The Hall–Kier alpha value is -0.390. The predicted octanol–water partition coefficient (Wildman–Crippen LogP) is 3.00. The van der Waals surface area contributed by atoms with Crippen LogP contribution >= 0.6 is 15.9 Å². The van der Waals surface area contributed by atoms with Gasteiger partial charge in [-0.05, 0) is 29.5 Å². The molecule has 1 aromatic rings. The van der Waals surface area contributed by atoms with E-state index in [4.69, 9.17) is 0 Å². The molecule has 1 aliphatic rings. The highest BCUT2D eigenvalue weighted by Gasteiger charge is 2.36. The maximum Gasteiger partial charge on any atom is 0.243 e. The zero-order valence-corrected chi connectivity index (χ0v) is 13.1. The minimum absolute atomic E-state index is 0.0862. The SMILES string of the molecule is CC1(C)CCN(S(=O)(=O)c2ccc(CBr)cc2)C1. The molecule has 0 saturated carbocycles. The van der Waals surface area contributed by atoms with Crippen molar-refractivity contribution in [2.75, 3.05) is 13.1 Å². The number of benzene rings is 1. The molecule has 1 fully saturated rings. The molecular weight excluding hydrogens is 314 g/mol. The van der Waals surface area contributed by atoms with Crippen molar-refractivity contribution >= 4 is 26.0 Å². The van der Waals surface area contributed by atoms with E-state index in [1.165, 1.54) is 0 Å². The van der Waals surface area contributed by atoms with Gasteiger partial charge in [-0.2, -0.15) is 4.31 Å². The monoisotopic (exact) mass is 331 g/mol. The van der Waals surface area contributed by atoms with Crippen LogP contribution in [0.25, 0.3) is 0 Å². The van der Waals surface area contributed by atoms with Crippen molar-refractivity contribution in [3.05, 3.63) is 29.8 Å². The lowest BCUT2D eigenvalue weighted by Crippen LogP contribution is -2.30. The van der Waals surface area contributed by atoms with E-state index in [0.29, 0.717) is 18.0 Å². The van der Waals surface area contributed by atoms with Gasteiger partial charge in [-0.15, -0.1) is 0 Å². The lowest BCUT2D eigenvalue weighted by molar-refractivity contribution is 0.375. The minimum atomic E-state index is -3.32. The van der Waals surface area contributed by atoms with Crippen molar-refractivity contribution in [2.24, 2.45) is 5.41 Å². The topological polar surface area (TPSA) is 37.4 Å². The molecule has 0 spiro atoms. The number of rotatable bonds is 3. The fraction of sp³-hybridized carbons (Fsp3) is 0.538. The third kappa shape index (κ3) is 2.78. The molecule has 1 heterocycles. The number of sulfonamides is 1. The molecule has 0 aliphatic carbocycles. The minimum Gasteiger partial charge on any atom is -0.207 e. The molecule has 0 bridgehead atoms. The van der Waals surface area contributed by atoms with Gasteiger partial charge in [0.15, 0.2) is 0 Å². The highest BCUT2D eigenvalue weighted by molar-refractivity contribution is 9.08. The Balaban J connectivity index is 2.25. The van der Waals surface area contributed by atoms with Crippen LogP contribution < -0.4 is 0 Å². The molecule has 2 rings (SSSR count). The zero-order valence-electron chi connectivity index (χ0n) is 10.7. The van der Waals surface area contributed by atoms with Gasteiger partial charge in [0.1, 0.15) is 0 Å². The van der Waals surface area contributed by atoms with Gasteiger partial charge in [-0.25, -0.2) is 8.42 Å². The fourth-order valence-corrected chi connectivity index (χ4v) is 4.17. The van der Waals surface area contributed by atoms with Gasteiger partial charge in [0.2, 0.25) is 10.0 Å². The van der Waals surface area contributed by atoms with Crippen LogP contribution in [0.15, 0.2) is 29.2 Å². The number of halogens is 1. The van der Waals surface area contributed by atoms with Gasteiger partial charge in [-0.3, -0.25) is 0 Å². The van der Waals surface area contributed by atoms with Gasteiger partial charge < -0.3 is 0 Å². The number of hydrogen-bond acceptors (Lipinski definition) is 2. The maximum atomic E-state index is 12.4. The first-order valence-electron chi connectivity index (χ1n) is 6.00. The van der Waals surface area contributed by atoms with Gasteiger partial charge in [0.25, 0.3) is 0 Å². The molecule has 0 amide bonds. The summed E-state index contributed by atoms with van der Waals surface area (Å²) in [7, 11) is -3.32. The molecule has 0 aromatic heterocycles. The molecule has 1 aromatic carbocycles. The van der Waals surface area contributed by atoms with Crippen LogP contribution in [0.5, 0.6) is 0 Å². The van der Waals surface area contributed by atoms with E-state index in [-0.39, 0.29) is 5.41 Å². The molecule has 100 valence electrons. The second-order valence-electron chi connectivity index (χ2n) is 5.53. The zero-order chi connectivity index (χ0) is 13.4. The summed E-state index contributed by atoms with van der Waals surface area (Å²) in [5, 5.41) is 0.740. The normalized spacial score (nSPS) is 20.2. The summed E-state index contributed by atoms with van der Waals surface area (Å²) in [6.07, 6.45) is 0.922. The van der Waals surface area contributed by atoms with Crippen LogP contribution in [0.4, 0.5) is 0 Å². The van der Waals surface area contributed by atoms with Crippen molar-refractivity contribution in [1.82, 2.24) is 4.31 Å². The standard InChI is InChI=1S/C13H18BrNO2S/c1-13(2)7-8-15(10-13)18(16,17)12-5-3-11(9-14)4-6-12/h3-6H,7-10H2,1-2H3. The molecule has 3 nitrogen and oxygen atoms in total. The van der Waals surface area contributed by atoms with Gasteiger partial charge >= 0.3 is 0 Å². The molecule has 0 radical (unpaired) electrons. The van der Waals surface area contributed by atoms with Crippen molar-refractivity contribution in [2.45, 2.75) is 30.5 Å². The van der Waals surface area contributed by atoms with E-state index in [0.717, 1.165) is 17.3 Å². The molecule has 0 atom stereocenters. The molecule has 1 aliphatic heterocycles. The van der Waals surface area contributed by atoms with Crippen LogP contribution in [-0.4, -0.2) is 25.8 Å². The van der Waals surface area contributed by atoms with Gasteiger partial charge in [0.05, 0.1) is 4.90 Å². The van der Waals surface area contributed by atoms with E-state index < -0.39 is 10.0 Å². The molecule has 0 unspecified atom stereocenters. The Morgan fingerprint density at radius 3 is 2.33 bits per heavy atom. The average molecular weight is 332 g/mol. The number of nitrogens with zero attached hydrogens (tertiary/aromatic N) is 1. The van der Waals surface area contributed by atoms with E-state index in [2.05, 4.69) is 29.8 Å². The summed E-state index contributed by atoms with van der Waals surface area (Å²) < 4.78 is 26.5. The van der Waals surface area contributed by atoms with E-state index in [9.17, 15) is 8.42 Å². The highest BCUT2D eigenvalue weighted by Crippen LogP contribution is 2.32. The van der Waals surface area contributed by atoms with Crippen LogP contribution in [0.3, 0.4) is 0 Å². The van der Waals surface area contributed by atoms with Gasteiger partial charge in [0, 0.05) is 18.4 Å². The molecule has 18 heavy (non-hydrogen) atoms. The summed E-state index contributed by atoms with van der Waals surface area (Å²) in [4.78, 5) is 0.393. The predicted molar refractivity (Wildman–Crippen MR) is 76.2 cm³/mol. The van der Waals surface area contributed by atoms with E-state index in [1.54, 1.807) is 16.4 Å². The second kappa shape index (κ2) is 4.94. The summed E-state index contributed by atoms with van der Waals surface area (Å²) in [5.74, 6) is 0. The van der Waals surface area contributed by atoms with Gasteiger partial charge in [-0.1, -0.05) is 41.9 Å². The highest BCUT2D eigenvalue weighted by atomic mass is 79.9. The Kier molecular flexibility index (Phi) is 3.85. The van der Waals surface area contributed by atoms with Crippen molar-refractivity contribution in [3.63, 3.8) is 0 Å². The summed E-state index contributed by atoms with van der Waals surface area (Å²) in [6, 6.07) is 7.08. The smallest absolute Gasteiger partial charge is 0.207 e. The van der Waals surface area contributed by atoms with Crippen molar-refractivity contribution < 1.29 is 8.42 Å². The molecule has 5 heteroatoms. The Morgan fingerprint density at radius 1 is 1.28 bits per heavy atom. The summed E-state index contributed by atoms with van der Waals surface area (Å²) >= 11 is 3.35. The second-order valence-corrected chi connectivity index (χ2v) is 8.03. The Morgan fingerprint density at radius 2 is 1.89 bits per heavy atom. The lowest BCUT2D eigenvalue weighted by Gasteiger charge is -2.19. The third-order valence-electron chi connectivity index (χ3n) is 3.36. The number of alkyl halides is 1. The summed E-state index contributed by atoms with van der Waals surface area (Å²) in [5.41, 5.74) is 1.17. The van der Waals surface area contributed by atoms with Crippen LogP contribution in [0.1, 0.15) is 25.8 Å². The van der Waals surface area contributed by atoms with Crippen LogP contribution in [-0.2, 0) is 15.4 Å². The quantitative estimate of drug-likeness (QED) is 0.798. The third-order valence-corrected chi connectivity index (χ3v) is 5.86. The Labute approximate surface area is 117 Å². The van der Waals surface area contributed by atoms with Crippen molar-refractivity contribution in [3.8, 4) is 0 Å². The fourth-order valence-electron chi connectivity index (χ4n) is 2.17. The Bertz CT molecular complexity index is 522. The molecule has 0 N–H and O–H groups in total. The van der Waals surface area contributed by atoms with Crippen LogP contribution in [0, 0.1) is 5.41 Å². The molecular formula is C13H18BrNO2S. The van der Waals surface area contributed by atoms with Crippen molar-refractivity contribution in [1.29, 1.82) is 0 Å². The summed E-state index contributed by atoms with van der Waals surface area (Å²) in [6.45, 7) is 5.44.